The van der Waals surface area contributed by atoms with Gasteiger partial charge in [0.2, 0.25) is 9.23 Å². The van der Waals surface area contributed by atoms with Gasteiger partial charge in [-0.25, -0.2) is 4.21 Å². The zero-order valence-corrected chi connectivity index (χ0v) is 19.4. The summed E-state index contributed by atoms with van der Waals surface area (Å²) in [6.07, 6.45) is 0. The standard InChI is InChI=1S/C9H10Cl2O.C9H11ClO2.Cl2OS/c2*10-5-6-12-9-4-2-1-3-8(9)7-11;1-4(2)3/h1-4H,5-7H2;1-4,11H,5-7H2;. The van der Waals surface area contributed by atoms with Crippen molar-refractivity contribution in [3.8, 4) is 11.5 Å². The van der Waals surface area contributed by atoms with Crippen molar-refractivity contribution < 1.29 is 18.8 Å². The lowest BCUT2D eigenvalue weighted by atomic mass is 10.2. The normalized spacial score (nSPS) is 9.68. The number of hydrogen-bond donors (Lipinski definition) is 1. The Morgan fingerprint density at radius 2 is 1.18 bits per heavy atom. The molecule has 4 nitrogen and oxygen atoms in total. The summed E-state index contributed by atoms with van der Waals surface area (Å²) in [6.45, 7) is 0.993. The van der Waals surface area contributed by atoms with Gasteiger partial charge in [0.25, 0.3) is 0 Å². The number of halogens is 5. The fourth-order valence-corrected chi connectivity index (χ4v) is 2.20. The fourth-order valence-electron chi connectivity index (χ4n) is 1.83. The van der Waals surface area contributed by atoms with Gasteiger partial charge in [0.05, 0.1) is 24.2 Å². The van der Waals surface area contributed by atoms with Gasteiger partial charge in [-0.3, -0.25) is 0 Å². The highest BCUT2D eigenvalue weighted by atomic mass is 36.0. The highest BCUT2D eigenvalue weighted by Crippen LogP contribution is 2.19. The van der Waals surface area contributed by atoms with Gasteiger partial charge in [-0.05, 0) is 12.1 Å². The Hall–Kier alpha value is -0.400. The topological polar surface area (TPSA) is 55.8 Å². The van der Waals surface area contributed by atoms with Gasteiger partial charge in [-0.1, -0.05) is 36.4 Å². The minimum absolute atomic E-state index is 0.00153. The van der Waals surface area contributed by atoms with Gasteiger partial charge in [0.15, 0.2) is 0 Å². The van der Waals surface area contributed by atoms with Crippen molar-refractivity contribution in [1.29, 1.82) is 0 Å². The van der Waals surface area contributed by atoms with Gasteiger partial charge in [-0.15, -0.1) is 34.8 Å². The summed E-state index contributed by atoms with van der Waals surface area (Å²) in [5.74, 6) is 2.96. The number of hydrogen-bond acceptors (Lipinski definition) is 4. The zero-order chi connectivity index (χ0) is 21.2. The average molecular weight is 511 g/mol. The number of aliphatic hydroxyl groups excluding tert-OH is 1. The van der Waals surface area contributed by atoms with Crippen LogP contribution in [0.5, 0.6) is 11.5 Å². The molecule has 2 rings (SSSR count). The summed E-state index contributed by atoms with van der Waals surface area (Å²) in [7, 11) is 7.36. The third kappa shape index (κ3) is 13.7. The van der Waals surface area contributed by atoms with Crippen LogP contribution >= 0.6 is 56.2 Å². The fraction of sp³-hybridized carbons (Fsp3) is 0.333. The van der Waals surface area contributed by atoms with E-state index < -0.39 is 9.23 Å². The molecule has 2 aromatic carbocycles. The first-order valence-corrected chi connectivity index (χ1v) is 12.3. The number of benzene rings is 2. The third-order valence-electron chi connectivity index (χ3n) is 2.93. The van der Waals surface area contributed by atoms with Crippen molar-refractivity contribution in [3.63, 3.8) is 0 Å². The zero-order valence-electron chi connectivity index (χ0n) is 14.8. The minimum Gasteiger partial charge on any atom is -0.492 e. The molecule has 0 amide bonds. The minimum atomic E-state index is -1.67. The Morgan fingerprint density at radius 1 is 0.786 bits per heavy atom. The molecule has 0 atom stereocenters. The van der Waals surface area contributed by atoms with Crippen molar-refractivity contribution >= 4 is 65.4 Å². The lowest BCUT2D eigenvalue weighted by Crippen LogP contribution is -2.00. The predicted molar refractivity (Wildman–Crippen MR) is 121 cm³/mol. The van der Waals surface area contributed by atoms with Gasteiger partial charge >= 0.3 is 0 Å². The SMILES string of the molecule is ClCCOc1ccccc1CCl.O=S(Cl)Cl.OCc1ccccc1OCCCl. The maximum Gasteiger partial charge on any atom is 0.211 e. The van der Waals surface area contributed by atoms with Crippen LogP contribution in [-0.4, -0.2) is 34.3 Å². The number of para-hydroxylation sites is 2. The maximum atomic E-state index is 9.09. The van der Waals surface area contributed by atoms with Crippen LogP contribution in [0.2, 0.25) is 0 Å². The molecule has 2 aromatic rings. The van der Waals surface area contributed by atoms with Crippen molar-refractivity contribution in [3.05, 3.63) is 59.7 Å². The molecule has 0 aliphatic rings. The molecule has 0 aromatic heterocycles. The van der Waals surface area contributed by atoms with Gasteiger partial charge in [-0.2, -0.15) is 0 Å². The molecular formula is C18H21Cl5O4S. The van der Waals surface area contributed by atoms with E-state index in [2.05, 4.69) is 21.4 Å². The van der Waals surface area contributed by atoms with Gasteiger partial charge in [0.1, 0.15) is 24.7 Å². The van der Waals surface area contributed by atoms with Crippen LogP contribution in [0.25, 0.3) is 0 Å². The molecule has 1 N–H and O–H groups in total. The molecule has 0 unspecified atom stereocenters. The molecule has 0 saturated heterocycles. The van der Waals surface area contributed by atoms with Crippen LogP contribution in [0.4, 0.5) is 0 Å². The number of aliphatic hydroxyl groups is 1. The summed E-state index contributed by atoms with van der Waals surface area (Å²) in [5.41, 5.74) is 1.80. The number of alkyl halides is 3. The Labute approximate surface area is 192 Å². The molecular weight excluding hydrogens is 490 g/mol. The van der Waals surface area contributed by atoms with Crippen molar-refractivity contribution in [2.24, 2.45) is 0 Å². The molecule has 0 bridgehead atoms. The van der Waals surface area contributed by atoms with E-state index in [1.807, 2.05) is 48.5 Å². The summed E-state index contributed by atoms with van der Waals surface area (Å²) >= 11 is 16.6. The molecule has 158 valence electrons. The van der Waals surface area contributed by atoms with E-state index in [1.165, 1.54) is 0 Å². The molecule has 28 heavy (non-hydrogen) atoms. The predicted octanol–water partition coefficient (Wildman–Crippen LogP) is 5.88. The monoisotopic (exact) mass is 508 g/mol. The van der Waals surface area contributed by atoms with E-state index in [9.17, 15) is 0 Å². The smallest absolute Gasteiger partial charge is 0.211 e. The Morgan fingerprint density at radius 3 is 1.57 bits per heavy atom. The highest BCUT2D eigenvalue weighted by molar-refractivity contribution is 8.26. The van der Waals surface area contributed by atoms with E-state index >= 15 is 0 Å². The lowest BCUT2D eigenvalue weighted by molar-refractivity contribution is 0.267. The van der Waals surface area contributed by atoms with Crippen LogP contribution in [0.1, 0.15) is 11.1 Å². The molecule has 0 aliphatic carbocycles. The first kappa shape index (κ1) is 27.6. The summed E-state index contributed by atoms with van der Waals surface area (Å²) < 4.78 is 19.7. The first-order valence-electron chi connectivity index (χ1n) is 7.94. The quantitative estimate of drug-likeness (QED) is 0.356. The summed E-state index contributed by atoms with van der Waals surface area (Å²) in [6, 6.07) is 15.1. The van der Waals surface area contributed by atoms with Crippen LogP contribution in [0, 0.1) is 0 Å². The summed E-state index contributed by atoms with van der Waals surface area (Å²) in [5, 5.41) is 8.90. The van der Waals surface area contributed by atoms with E-state index in [4.69, 9.17) is 53.6 Å². The second-order valence-corrected chi connectivity index (χ2v) is 8.31. The second-order valence-electron chi connectivity index (χ2n) is 4.77. The highest BCUT2D eigenvalue weighted by Gasteiger charge is 2.00. The van der Waals surface area contributed by atoms with Gasteiger partial charge in [0, 0.05) is 32.5 Å². The van der Waals surface area contributed by atoms with E-state index in [1.54, 1.807) is 0 Å². The molecule has 10 heteroatoms. The van der Waals surface area contributed by atoms with Crippen LogP contribution in [-0.2, 0) is 21.7 Å². The Bertz CT molecular complexity index is 620. The van der Waals surface area contributed by atoms with Crippen LogP contribution in [0.15, 0.2) is 48.5 Å². The second kappa shape index (κ2) is 18.6. The number of rotatable bonds is 8. The Balaban J connectivity index is 0.000000439. The van der Waals surface area contributed by atoms with Crippen molar-refractivity contribution in [1.82, 2.24) is 0 Å². The van der Waals surface area contributed by atoms with E-state index in [-0.39, 0.29) is 6.61 Å². The Kier molecular flexibility index (Phi) is 18.4. The third-order valence-corrected chi connectivity index (χ3v) is 3.53. The number of ether oxygens (including phenoxy) is 2. The molecule has 0 radical (unpaired) electrons. The molecule has 0 saturated carbocycles. The maximum absolute atomic E-state index is 9.09. The van der Waals surface area contributed by atoms with Crippen LogP contribution in [0.3, 0.4) is 0 Å². The lowest BCUT2D eigenvalue weighted by Gasteiger charge is -2.07. The summed E-state index contributed by atoms with van der Waals surface area (Å²) in [4.78, 5) is 0. The first-order chi connectivity index (χ1) is 13.5. The van der Waals surface area contributed by atoms with Crippen molar-refractivity contribution in [2.45, 2.75) is 12.5 Å². The van der Waals surface area contributed by atoms with Gasteiger partial charge < -0.3 is 14.6 Å². The van der Waals surface area contributed by atoms with Crippen molar-refractivity contribution in [2.75, 3.05) is 25.0 Å². The molecule has 0 aliphatic heterocycles. The molecule has 0 spiro atoms. The van der Waals surface area contributed by atoms with Crippen LogP contribution < -0.4 is 9.47 Å². The molecule has 0 heterocycles. The van der Waals surface area contributed by atoms with E-state index in [0.29, 0.717) is 36.6 Å². The van der Waals surface area contributed by atoms with E-state index in [0.717, 1.165) is 16.9 Å². The molecule has 0 fully saturated rings. The largest absolute Gasteiger partial charge is 0.492 e. The average Bonchev–Trinajstić information content (AvgIpc) is 2.71.